The summed E-state index contributed by atoms with van der Waals surface area (Å²) in [4.78, 5) is 29.4. The number of hydrogen-bond acceptors (Lipinski definition) is 8. The number of thioether (sulfide) groups is 1. The number of nitrogens with zero attached hydrogens (tertiary/aromatic N) is 2. The third-order valence-electron chi connectivity index (χ3n) is 4.29. The van der Waals surface area contributed by atoms with E-state index in [1.54, 1.807) is 37.4 Å². The zero-order valence-corrected chi connectivity index (χ0v) is 16.5. The summed E-state index contributed by atoms with van der Waals surface area (Å²) in [5.41, 5.74) is 1.60. The van der Waals surface area contributed by atoms with Crippen LogP contribution in [-0.4, -0.2) is 34.4 Å². The van der Waals surface area contributed by atoms with E-state index in [0.717, 1.165) is 4.90 Å². The van der Waals surface area contributed by atoms with E-state index < -0.39 is 5.97 Å². The first-order chi connectivity index (χ1) is 14.0. The van der Waals surface area contributed by atoms with Crippen LogP contribution < -0.4 is 10.1 Å². The molecule has 0 unspecified atom stereocenters. The molecule has 3 aromatic rings. The molecule has 29 heavy (non-hydrogen) atoms. The molecule has 1 atom stereocenters. The molecule has 0 saturated carbocycles. The molecule has 1 N–H and O–H groups in total. The molecular weight excluding hydrogens is 394 g/mol. The van der Waals surface area contributed by atoms with Crippen LogP contribution in [0.3, 0.4) is 0 Å². The Bertz CT molecular complexity index is 1080. The molecule has 2 heterocycles. The third-order valence-corrected chi connectivity index (χ3v) is 5.47. The summed E-state index contributed by atoms with van der Waals surface area (Å²) in [6.45, 7) is 1.66. The second kappa shape index (κ2) is 7.96. The van der Waals surface area contributed by atoms with Crippen molar-refractivity contribution in [2.45, 2.75) is 23.7 Å². The van der Waals surface area contributed by atoms with Crippen molar-refractivity contribution in [1.82, 2.24) is 10.1 Å². The molecule has 4 rings (SSSR count). The standard InChI is InChI=1S/C20H17N3O5S/c1-11-19(24)21-14-9-12(7-8-16(14)29-11)20(25)27-10-17-22-18(23-28-17)13-5-3-4-6-15(13)26-2/h3-9,11H,10H2,1-2H3,(H,21,24)/t11-/m0/s1. The molecule has 0 bridgehead atoms. The van der Waals surface area contributed by atoms with E-state index in [9.17, 15) is 9.59 Å². The molecule has 9 heteroatoms. The van der Waals surface area contributed by atoms with Gasteiger partial charge in [0.15, 0.2) is 6.61 Å². The van der Waals surface area contributed by atoms with Crippen LogP contribution in [0, 0.1) is 0 Å². The normalized spacial score (nSPS) is 15.4. The van der Waals surface area contributed by atoms with Gasteiger partial charge in [-0.3, -0.25) is 4.79 Å². The van der Waals surface area contributed by atoms with Crippen LogP contribution in [-0.2, 0) is 16.1 Å². The Morgan fingerprint density at radius 1 is 1.28 bits per heavy atom. The zero-order valence-electron chi connectivity index (χ0n) is 15.7. The van der Waals surface area contributed by atoms with Gasteiger partial charge in [0, 0.05) is 4.90 Å². The molecule has 0 radical (unpaired) electrons. The number of esters is 1. The maximum Gasteiger partial charge on any atom is 0.338 e. The van der Waals surface area contributed by atoms with Crippen molar-refractivity contribution in [2.24, 2.45) is 0 Å². The number of benzene rings is 2. The van der Waals surface area contributed by atoms with Gasteiger partial charge in [0.2, 0.25) is 11.7 Å². The van der Waals surface area contributed by atoms with Gasteiger partial charge in [-0.1, -0.05) is 17.3 Å². The minimum atomic E-state index is -0.553. The van der Waals surface area contributed by atoms with E-state index in [-0.39, 0.29) is 23.7 Å². The average molecular weight is 411 g/mol. The van der Waals surface area contributed by atoms with Crippen LogP contribution in [0.1, 0.15) is 23.2 Å². The fourth-order valence-electron chi connectivity index (χ4n) is 2.80. The molecule has 1 aliphatic heterocycles. The predicted molar refractivity (Wildman–Crippen MR) is 106 cm³/mol. The number of ether oxygens (including phenoxy) is 2. The van der Waals surface area contributed by atoms with E-state index >= 15 is 0 Å². The van der Waals surface area contributed by atoms with Gasteiger partial charge in [-0.2, -0.15) is 4.98 Å². The van der Waals surface area contributed by atoms with Crippen molar-refractivity contribution in [2.75, 3.05) is 12.4 Å². The van der Waals surface area contributed by atoms with Gasteiger partial charge in [0.05, 0.1) is 29.2 Å². The summed E-state index contributed by atoms with van der Waals surface area (Å²) in [6, 6.07) is 12.3. The third kappa shape index (κ3) is 3.95. The highest BCUT2D eigenvalue weighted by Crippen LogP contribution is 2.36. The molecule has 1 aliphatic rings. The van der Waals surface area contributed by atoms with E-state index in [0.29, 0.717) is 28.4 Å². The van der Waals surface area contributed by atoms with Gasteiger partial charge in [0.1, 0.15) is 5.75 Å². The number of nitrogens with one attached hydrogen (secondary N) is 1. The van der Waals surface area contributed by atoms with Gasteiger partial charge < -0.3 is 19.3 Å². The number of fused-ring (bicyclic) bond motifs is 1. The zero-order chi connectivity index (χ0) is 20.4. The summed E-state index contributed by atoms with van der Waals surface area (Å²) in [6.07, 6.45) is 0. The van der Waals surface area contributed by atoms with Crippen LogP contribution in [0.2, 0.25) is 0 Å². The number of carbonyl (C=O) groups is 2. The summed E-state index contributed by atoms with van der Waals surface area (Å²) in [5, 5.41) is 6.53. The van der Waals surface area contributed by atoms with Crippen molar-refractivity contribution in [3.63, 3.8) is 0 Å². The first-order valence-corrected chi connectivity index (χ1v) is 9.68. The van der Waals surface area contributed by atoms with Crippen molar-refractivity contribution < 1.29 is 23.6 Å². The fraction of sp³-hybridized carbons (Fsp3) is 0.200. The van der Waals surface area contributed by atoms with Gasteiger partial charge in [-0.25, -0.2) is 4.79 Å². The quantitative estimate of drug-likeness (QED) is 0.636. The van der Waals surface area contributed by atoms with Crippen LogP contribution in [0.5, 0.6) is 5.75 Å². The number of rotatable bonds is 5. The van der Waals surface area contributed by atoms with E-state index in [2.05, 4.69) is 15.5 Å². The van der Waals surface area contributed by atoms with Crippen molar-refractivity contribution in [3.8, 4) is 17.1 Å². The lowest BCUT2D eigenvalue weighted by atomic mass is 10.2. The van der Waals surface area contributed by atoms with Crippen molar-refractivity contribution in [3.05, 3.63) is 53.9 Å². The topological polar surface area (TPSA) is 104 Å². The number of aromatic nitrogens is 2. The summed E-state index contributed by atoms with van der Waals surface area (Å²) in [5.74, 6) is 0.469. The summed E-state index contributed by atoms with van der Waals surface area (Å²) in [7, 11) is 1.56. The Morgan fingerprint density at radius 2 is 2.10 bits per heavy atom. The minimum absolute atomic E-state index is 0.0947. The maximum absolute atomic E-state index is 12.4. The highest BCUT2D eigenvalue weighted by Gasteiger charge is 2.24. The van der Waals surface area contributed by atoms with E-state index in [1.807, 2.05) is 19.1 Å². The SMILES string of the molecule is COc1ccccc1-c1noc(COC(=O)c2ccc3c(c2)NC(=O)[C@H](C)S3)n1. The average Bonchev–Trinajstić information content (AvgIpc) is 3.21. The monoisotopic (exact) mass is 411 g/mol. The van der Waals surface area contributed by atoms with Crippen LogP contribution >= 0.6 is 11.8 Å². The van der Waals surface area contributed by atoms with Gasteiger partial charge in [0.25, 0.3) is 5.89 Å². The Kier molecular flexibility index (Phi) is 5.22. The van der Waals surface area contributed by atoms with Gasteiger partial charge in [-0.05, 0) is 37.3 Å². The first kappa shape index (κ1) is 19.0. The number of amides is 1. The van der Waals surface area contributed by atoms with Crippen molar-refractivity contribution in [1.29, 1.82) is 0 Å². The molecular formula is C20H17N3O5S. The molecule has 8 nitrogen and oxygen atoms in total. The Labute approximate surface area is 170 Å². The lowest BCUT2D eigenvalue weighted by molar-refractivity contribution is -0.115. The van der Waals surface area contributed by atoms with Crippen LogP contribution in [0.15, 0.2) is 51.9 Å². The Hall–Kier alpha value is -3.33. The predicted octanol–water partition coefficient (Wildman–Crippen LogP) is 3.53. The number of para-hydroxylation sites is 1. The molecule has 0 fully saturated rings. The van der Waals surface area contributed by atoms with E-state index in [4.69, 9.17) is 14.0 Å². The van der Waals surface area contributed by atoms with Gasteiger partial charge in [-0.15, -0.1) is 11.8 Å². The lowest BCUT2D eigenvalue weighted by Crippen LogP contribution is -2.26. The Balaban J connectivity index is 1.44. The first-order valence-electron chi connectivity index (χ1n) is 8.80. The highest BCUT2D eigenvalue weighted by molar-refractivity contribution is 8.00. The molecule has 0 spiro atoms. The number of hydrogen-bond donors (Lipinski definition) is 1. The molecule has 2 aromatic carbocycles. The highest BCUT2D eigenvalue weighted by atomic mass is 32.2. The lowest BCUT2D eigenvalue weighted by Gasteiger charge is -2.21. The molecule has 0 saturated heterocycles. The second-order valence-electron chi connectivity index (χ2n) is 6.25. The molecule has 1 aromatic heterocycles. The van der Waals surface area contributed by atoms with Crippen LogP contribution in [0.25, 0.3) is 11.4 Å². The minimum Gasteiger partial charge on any atom is -0.496 e. The summed E-state index contributed by atoms with van der Waals surface area (Å²) < 4.78 is 15.7. The molecule has 0 aliphatic carbocycles. The van der Waals surface area contributed by atoms with E-state index in [1.165, 1.54) is 11.8 Å². The summed E-state index contributed by atoms with van der Waals surface area (Å²) >= 11 is 1.45. The smallest absolute Gasteiger partial charge is 0.338 e. The van der Waals surface area contributed by atoms with Crippen LogP contribution in [0.4, 0.5) is 5.69 Å². The number of anilines is 1. The molecule has 148 valence electrons. The fourth-order valence-corrected chi connectivity index (χ4v) is 3.73. The largest absolute Gasteiger partial charge is 0.496 e. The number of carbonyl (C=O) groups excluding carboxylic acids is 2. The second-order valence-corrected chi connectivity index (χ2v) is 7.63. The Morgan fingerprint density at radius 3 is 2.93 bits per heavy atom. The van der Waals surface area contributed by atoms with Gasteiger partial charge >= 0.3 is 5.97 Å². The molecule has 1 amide bonds. The number of methoxy groups -OCH3 is 1. The maximum atomic E-state index is 12.4. The van der Waals surface area contributed by atoms with Crippen molar-refractivity contribution >= 4 is 29.3 Å².